The summed E-state index contributed by atoms with van der Waals surface area (Å²) in [6.07, 6.45) is 8.43. The summed E-state index contributed by atoms with van der Waals surface area (Å²) in [5, 5.41) is 0. The van der Waals surface area contributed by atoms with Crippen molar-refractivity contribution in [1.82, 2.24) is 0 Å². The van der Waals surface area contributed by atoms with Crippen LogP contribution in [0.5, 0.6) is 0 Å². The van der Waals surface area contributed by atoms with Gasteiger partial charge in [0.2, 0.25) is 0 Å². The quantitative estimate of drug-likeness (QED) is 0.539. The lowest BCUT2D eigenvalue weighted by molar-refractivity contribution is 1.20. The van der Waals surface area contributed by atoms with E-state index in [1.54, 1.807) is 0 Å². The first-order valence-electron chi connectivity index (χ1n) is 6.76. The molecule has 0 spiro atoms. The van der Waals surface area contributed by atoms with Gasteiger partial charge in [0.25, 0.3) is 0 Å². The molecule has 1 rings (SSSR count). The van der Waals surface area contributed by atoms with Crippen LogP contribution in [0, 0.1) is 0 Å². The lowest BCUT2D eigenvalue weighted by Crippen LogP contribution is -1.96. The van der Waals surface area contributed by atoms with Gasteiger partial charge in [0.1, 0.15) is 0 Å². The Bertz CT molecular complexity index is 546. The van der Waals surface area contributed by atoms with E-state index < -0.39 is 0 Å². The summed E-state index contributed by atoms with van der Waals surface area (Å²) in [6, 6.07) is 0. The second-order valence-corrected chi connectivity index (χ2v) is 5.29. The lowest BCUT2D eigenvalue weighted by atomic mass is 9.98. The zero-order valence-corrected chi connectivity index (χ0v) is 13.3. The highest BCUT2D eigenvalue weighted by Crippen LogP contribution is 2.21. The molecule has 1 aliphatic rings. The molecule has 0 N–H and O–H groups in total. The molecule has 0 atom stereocenters. The van der Waals surface area contributed by atoms with Crippen LogP contribution in [0.4, 0.5) is 0 Å². The van der Waals surface area contributed by atoms with Crippen molar-refractivity contribution in [3.63, 3.8) is 0 Å². The zero-order valence-electron chi connectivity index (χ0n) is 13.3. The van der Waals surface area contributed by atoms with Crippen molar-refractivity contribution in [3.05, 3.63) is 57.9 Å². The van der Waals surface area contributed by atoms with Crippen LogP contribution in [-0.4, -0.2) is 5.71 Å². The average molecular weight is 255 g/mol. The van der Waals surface area contributed by atoms with Gasteiger partial charge in [0.15, 0.2) is 0 Å². The van der Waals surface area contributed by atoms with Crippen molar-refractivity contribution in [1.29, 1.82) is 0 Å². The van der Waals surface area contributed by atoms with Gasteiger partial charge in [-0.2, -0.15) is 0 Å². The van der Waals surface area contributed by atoms with Gasteiger partial charge in [-0.3, -0.25) is 4.99 Å². The predicted octanol–water partition coefficient (Wildman–Crippen LogP) is 5.54. The van der Waals surface area contributed by atoms with E-state index in [-0.39, 0.29) is 0 Å². The molecule has 1 heteroatoms. The van der Waals surface area contributed by atoms with E-state index in [1.807, 2.05) is 6.20 Å². The molecule has 0 aliphatic carbocycles. The fourth-order valence-corrected chi connectivity index (χ4v) is 1.85. The molecule has 0 aromatic carbocycles. The minimum absolute atomic E-state index is 1.08. The summed E-state index contributed by atoms with van der Waals surface area (Å²) in [5.41, 5.74) is 8.73. The average Bonchev–Trinajstić information content (AvgIpc) is 2.40. The van der Waals surface area contributed by atoms with E-state index in [0.29, 0.717) is 0 Å². The Balaban J connectivity index is 3.45. The molecule has 0 aromatic rings. The van der Waals surface area contributed by atoms with E-state index >= 15 is 0 Å². The lowest BCUT2D eigenvalue weighted by Gasteiger charge is -2.10. The zero-order chi connectivity index (χ0) is 14.6. The SMILES string of the molecule is CC1=CN=C(C)C(C)=C(C)/C=C\C=C(/C)C(C)=C1C. The molecular weight excluding hydrogens is 230 g/mol. The van der Waals surface area contributed by atoms with Gasteiger partial charge in [0, 0.05) is 11.9 Å². The number of nitrogens with zero attached hydrogens (tertiary/aromatic N) is 1. The Kier molecular flexibility index (Phi) is 5.29. The third kappa shape index (κ3) is 3.92. The number of aliphatic imine (C=N–C) groups is 1. The van der Waals surface area contributed by atoms with Gasteiger partial charge < -0.3 is 0 Å². The second kappa shape index (κ2) is 6.51. The highest BCUT2D eigenvalue weighted by Gasteiger charge is 2.03. The molecule has 0 unspecified atom stereocenters. The Labute approximate surface area is 117 Å². The van der Waals surface area contributed by atoms with E-state index in [0.717, 1.165) is 5.71 Å². The predicted molar refractivity (Wildman–Crippen MR) is 86.5 cm³/mol. The Morgan fingerprint density at radius 1 is 0.737 bits per heavy atom. The van der Waals surface area contributed by atoms with Gasteiger partial charge in [-0.15, -0.1) is 0 Å². The molecule has 0 saturated carbocycles. The Morgan fingerprint density at radius 3 is 1.95 bits per heavy atom. The summed E-state index contributed by atoms with van der Waals surface area (Å²) >= 11 is 0. The molecule has 0 fully saturated rings. The molecule has 1 heterocycles. The van der Waals surface area contributed by atoms with Gasteiger partial charge in [-0.25, -0.2) is 0 Å². The van der Waals surface area contributed by atoms with Gasteiger partial charge in [-0.05, 0) is 81.9 Å². The maximum Gasteiger partial charge on any atom is 0.0404 e. The normalized spacial score (nSPS) is 23.0. The molecule has 0 aromatic heterocycles. The van der Waals surface area contributed by atoms with Gasteiger partial charge in [-0.1, -0.05) is 18.2 Å². The standard InChI is InChI=1S/C18H25N/c1-12-9-8-10-13(2)17(6)18(7)19-11-14(3)16(5)15(12)4/h8-11H,1-7H3/b9-8?,10-8-,12-9+,13-10?,14-11?,15-12?,16-14?,16-15?,17-13?,18-17?,19-11?,19-18?. The summed E-state index contributed by atoms with van der Waals surface area (Å²) in [6.45, 7) is 14.9. The summed E-state index contributed by atoms with van der Waals surface area (Å²) in [4.78, 5) is 4.59. The second-order valence-electron chi connectivity index (χ2n) is 5.29. The minimum Gasteiger partial charge on any atom is -0.261 e. The van der Waals surface area contributed by atoms with Crippen LogP contribution in [-0.2, 0) is 0 Å². The highest BCUT2D eigenvalue weighted by atomic mass is 14.7. The smallest absolute Gasteiger partial charge is 0.0404 e. The van der Waals surface area contributed by atoms with Crippen LogP contribution in [0.25, 0.3) is 0 Å². The molecule has 0 amide bonds. The molecule has 19 heavy (non-hydrogen) atoms. The summed E-state index contributed by atoms with van der Waals surface area (Å²) in [5.74, 6) is 0. The molecular formula is C18H25N. The maximum atomic E-state index is 4.59. The number of allylic oxidation sites excluding steroid dienone is 9. The van der Waals surface area contributed by atoms with Crippen molar-refractivity contribution in [2.75, 3.05) is 0 Å². The maximum absolute atomic E-state index is 4.59. The summed E-state index contributed by atoms with van der Waals surface area (Å²) < 4.78 is 0. The Hall–Kier alpha value is -1.63. The van der Waals surface area contributed by atoms with E-state index in [2.05, 4.69) is 71.7 Å². The van der Waals surface area contributed by atoms with Crippen molar-refractivity contribution in [2.45, 2.75) is 48.5 Å². The van der Waals surface area contributed by atoms with Crippen LogP contribution in [0.15, 0.2) is 62.9 Å². The summed E-state index contributed by atoms with van der Waals surface area (Å²) in [7, 11) is 0. The van der Waals surface area contributed by atoms with Crippen molar-refractivity contribution >= 4 is 5.71 Å². The monoisotopic (exact) mass is 255 g/mol. The fraction of sp³-hybridized carbons (Fsp3) is 0.389. The van der Waals surface area contributed by atoms with Crippen LogP contribution < -0.4 is 0 Å². The first kappa shape index (κ1) is 15.4. The van der Waals surface area contributed by atoms with E-state index in [9.17, 15) is 0 Å². The Morgan fingerprint density at radius 2 is 1.32 bits per heavy atom. The van der Waals surface area contributed by atoms with Crippen LogP contribution in [0.2, 0.25) is 0 Å². The van der Waals surface area contributed by atoms with Crippen LogP contribution in [0.1, 0.15) is 48.5 Å². The molecule has 0 radical (unpaired) electrons. The molecule has 1 aliphatic heterocycles. The molecule has 102 valence electrons. The van der Waals surface area contributed by atoms with Crippen molar-refractivity contribution in [3.8, 4) is 0 Å². The molecule has 1 nitrogen and oxygen atoms in total. The van der Waals surface area contributed by atoms with E-state index in [1.165, 1.54) is 33.4 Å². The van der Waals surface area contributed by atoms with Gasteiger partial charge >= 0.3 is 0 Å². The number of rotatable bonds is 0. The number of hydrogen-bond donors (Lipinski definition) is 0. The first-order chi connectivity index (χ1) is 8.84. The number of hydrogen-bond acceptors (Lipinski definition) is 1. The van der Waals surface area contributed by atoms with Crippen molar-refractivity contribution < 1.29 is 0 Å². The first-order valence-corrected chi connectivity index (χ1v) is 6.76. The third-order valence-electron chi connectivity index (χ3n) is 4.02. The van der Waals surface area contributed by atoms with Gasteiger partial charge in [0.05, 0.1) is 0 Å². The van der Waals surface area contributed by atoms with Crippen molar-refractivity contribution in [2.24, 2.45) is 4.99 Å². The third-order valence-corrected chi connectivity index (χ3v) is 4.02. The molecule has 0 saturated heterocycles. The van der Waals surface area contributed by atoms with E-state index in [4.69, 9.17) is 0 Å². The topological polar surface area (TPSA) is 12.4 Å². The highest BCUT2D eigenvalue weighted by molar-refractivity contribution is 5.99. The fourth-order valence-electron chi connectivity index (χ4n) is 1.85. The minimum atomic E-state index is 1.08. The largest absolute Gasteiger partial charge is 0.261 e. The van der Waals surface area contributed by atoms with Crippen LogP contribution >= 0.6 is 0 Å². The molecule has 0 bridgehead atoms. The van der Waals surface area contributed by atoms with Crippen LogP contribution in [0.3, 0.4) is 0 Å².